The minimum Gasteiger partial charge on any atom is -0.496 e. The third-order valence-electron chi connectivity index (χ3n) is 4.82. The molecule has 0 unspecified atom stereocenters. The average molecular weight is 351 g/mol. The zero-order chi connectivity index (χ0) is 17.6. The van der Waals surface area contributed by atoms with E-state index in [2.05, 4.69) is 9.80 Å². The second-order valence-corrected chi connectivity index (χ2v) is 6.50. The Morgan fingerprint density at radius 2 is 1.80 bits per heavy atom. The normalized spacial score (nSPS) is 19.8. The molecule has 0 saturated carbocycles. The van der Waals surface area contributed by atoms with E-state index in [1.807, 2.05) is 4.90 Å². The highest BCUT2D eigenvalue weighted by molar-refractivity contribution is 5.78. The number of nitrogens with zero attached hydrogens (tertiary/aromatic N) is 3. The lowest BCUT2D eigenvalue weighted by Gasteiger charge is -2.36. The molecule has 0 atom stereocenters. The van der Waals surface area contributed by atoms with Gasteiger partial charge in [0.15, 0.2) is 0 Å². The topological polar surface area (TPSA) is 45.2 Å². The monoisotopic (exact) mass is 351 g/mol. The fraction of sp³-hybridized carbons (Fsp3) is 0.611. The van der Waals surface area contributed by atoms with Crippen molar-refractivity contribution in [3.63, 3.8) is 0 Å². The summed E-state index contributed by atoms with van der Waals surface area (Å²) in [5.41, 5.74) is 0.861. The van der Waals surface area contributed by atoms with E-state index in [9.17, 15) is 9.18 Å². The molecular formula is C18H26FN3O3. The van der Waals surface area contributed by atoms with Crippen LogP contribution in [0.2, 0.25) is 0 Å². The number of carbonyl (C=O) groups excluding carboxylic acids is 1. The van der Waals surface area contributed by atoms with Gasteiger partial charge < -0.3 is 14.4 Å². The van der Waals surface area contributed by atoms with E-state index in [1.54, 1.807) is 13.2 Å². The zero-order valence-corrected chi connectivity index (χ0v) is 14.7. The lowest BCUT2D eigenvalue weighted by molar-refractivity contribution is -0.136. The molecule has 0 N–H and O–H groups in total. The lowest BCUT2D eigenvalue weighted by Crippen LogP contribution is -2.51. The summed E-state index contributed by atoms with van der Waals surface area (Å²) in [6.07, 6.45) is 0. The van der Waals surface area contributed by atoms with E-state index < -0.39 is 0 Å². The number of methoxy groups -OCH3 is 1. The van der Waals surface area contributed by atoms with Crippen LogP contribution in [0.3, 0.4) is 0 Å². The molecule has 0 spiro atoms. The van der Waals surface area contributed by atoms with E-state index in [1.165, 1.54) is 12.1 Å². The highest BCUT2D eigenvalue weighted by Crippen LogP contribution is 2.21. The Morgan fingerprint density at radius 3 is 2.48 bits per heavy atom. The number of carbonyl (C=O) groups is 1. The maximum absolute atomic E-state index is 13.5. The van der Waals surface area contributed by atoms with Gasteiger partial charge in [-0.2, -0.15) is 0 Å². The summed E-state index contributed by atoms with van der Waals surface area (Å²) in [7, 11) is 1.60. The van der Waals surface area contributed by atoms with Crippen LogP contribution >= 0.6 is 0 Å². The number of hydrogen-bond acceptors (Lipinski definition) is 5. The summed E-state index contributed by atoms with van der Waals surface area (Å²) < 4.78 is 24.1. The number of amides is 1. The molecule has 3 rings (SSSR count). The minimum atomic E-state index is -0.245. The van der Waals surface area contributed by atoms with E-state index >= 15 is 0 Å². The highest BCUT2D eigenvalue weighted by atomic mass is 19.1. The number of halogens is 1. The molecular weight excluding hydrogens is 325 g/mol. The molecule has 2 fully saturated rings. The van der Waals surface area contributed by atoms with Crippen molar-refractivity contribution in [2.45, 2.75) is 6.54 Å². The van der Waals surface area contributed by atoms with Crippen molar-refractivity contribution in [3.8, 4) is 5.75 Å². The quantitative estimate of drug-likeness (QED) is 0.786. The number of ether oxygens (including phenoxy) is 2. The number of benzene rings is 1. The van der Waals surface area contributed by atoms with Gasteiger partial charge in [0.1, 0.15) is 11.6 Å². The van der Waals surface area contributed by atoms with E-state index in [0.717, 1.165) is 31.7 Å². The molecule has 25 heavy (non-hydrogen) atoms. The predicted octanol–water partition coefficient (Wildman–Crippen LogP) is 0.811. The molecule has 1 aromatic rings. The van der Waals surface area contributed by atoms with Gasteiger partial charge in [-0.3, -0.25) is 14.6 Å². The summed E-state index contributed by atoms with van der Waals surface area (Å²) in [5, 5.41) is 0. The molecule has 6 nitrogen and oxygen atoms in total. The first kappa shape index (κ1) is 18.1. The summed E-state index contributed by atoms with van der Waals surface area (Å²) >= 11 is 0. The molecule has 2 aliphatic rings. The number of hydrogen-bond donors (Lipinski definition) is 0. The maximum atomic E-state index is 13.5. The first-order valence-corrected chi connectivity index (χ1v) is 8.78. The molecule has 7 heteroatoms. The Bertz CT molecular complexity index is 585. The van der Waals surface area contributed by atoms with Gasteiger partial charge >= 0.3 is 0 Å². The number of morpholine rings is 1. The Balaban J connectivity index is 1.47. The van der Waals surface area contributed by atoms with Crippen LogP contribution in [0.1, 0.15) is 5.56 Å². The second-order valence-electron chi connectivity index (χ2n) is 6.50. The Hall–Kier alpha value is -1.70. The van der Waals surface area contributed by atoms with Gasteiger partial charge in [0.05, 0.1) is 26.9 Å². The van der Waals surface area contributed by atoms with Gasteiger partial charge in [0.2, 0.25) is 5.91 Å². The fourth-order valence-corrected chi connectivity index (χ4v) is 3.32. The van der Waals surface area contributed by atoms with Crippen LogP contribution in [0.15, 0.2) is 18.2 Å². The van der Waals surface area contributed by atoms with Gasteiger partial charge in [-0.1, -0.05) is 0 Å². The lowest BCUT2D eigenvalue weighted by atomic mass is 10.1. The van der Waals surface area contributed by atoms with Gasteiger partial charge in [-0.05, 0) is 18.2 Å². The van der Waals surface area contributed by atoms with Crippen molar-refractivity contribution in [1.82, 2.24) is 14.7 Å². The fourth-order valence-electron chi connectivity index (χ4n) is 3.32. The molecule has 0 aliphatic carbocycles. The van der Waals surface area contributed by atoms with E-state index in [0.29, 0.717) is 45.1 Å². The van der Waals surface area contributed by atoms with Crippen LogP contribution in [0.4, 0.5) is 4.39 Å². The first-order valence-electron chi connectivity index (χ1n) is 8.78. The van der Waals surface area contributed by atoms with Crippen molar-refractivity contribution in [2.75, 3.05) is 66.1 Å². The standard InChI is InChI=1S/C18H26FN3O3/c1-24-17-3-2-16(19)12-15(17)13-20-4-6-21(7-5-20)14-18(23)22-8-10-25-11-9-22/h2-3,12H,4-11,13-14H2,1H3. The minimum absolute atomic E-state index is 0.184. The van der Waals surface area contributed by atoms with Crippen molar-refractivity contribution in [1.29, 1.82) is 0 Å². The Kier molecular flexibility index (Phi) is 6.23. The smallest absolute Gasteiger partial charge is 0.236 e. The van der Waals surface area contributed by atoms with Crippen LogP contribution < -0.4 is 4.74 Å². The molecule has 138 valence electrons. The van der Waals surface area contributed by atoms with Crippen molar-refractivity contribution >= 4 is 5.91 Å². The second kappa shape index (κ2) is 8.60. The molecule has 2 saturated heterocycles. The number of piperazine rings is 1. The van der Waals surface area contributed by atoms with Crippen molar-refractivity contribution in [2.24, 2.45) is 0 Å². The highest BCUT2D eigenvalue weighted by Gasteiger charge is 2.23. The Labute approximate surface area is 148 Å². The molecule has 1 aromatic carbocycles. The van der Waals surface area contributed by atoms with E-state index in [-0.39, 0.29) is 11.7 Å². The molecule has 0 radical (unpaired) electrons. The Morgan fingerprint density at radius 1 is 1.12 bits per heavy atom. The third-order valence-corrected chi connectivity index (χ3v) is 4.82. The molecule has 0 bridgehead atoms. The summed E-state index contributed by atoms with van der Waals surface area (Å²) in [5.74, 6) is 0.653. The van der Waals surface area contributed by atoms with Crippen molar-refractivity contribution < 1.29 is 18.7 Å². The van der Waals surface area contributed by atoms with Gasteiger partial charge in [-0.15, -0.1) is 0 Å². The van der Waals surface area contributed by atoms with Gasteiger partial charge in [0.25, 0.3) is 0 Å². The van der Waals surface area contributed by atoms with Crippen molar-refractivity contribution in [3.05, 3.63) is 29.6 Å². The van der Waals surface area contributed by atoms with Gasteiger partial charge in [0, 0.05) is 51.4 Å². The SMILES string of the molecule is COc1ccc(F)cc1CN1CCN(CC(=O)N2CCOCC2)CC1. The van der Waals surface area contributed by atoms with Crippen LogP contribution in [0.5, 0.6) is 5.75 Å². The zero-order valence-electron chi connectivity index (χ0n) is 14.7. The largest absolute Gasteiger partial charge is 0.496 e. The summed E-state index contributed by atoms with van der Waals surface area (Å²) in [6, 6.07) is 4.62. The summed E-state index contributed by atoms with van der Waals surface area (Å²) in [6.45, 7) is 7.18. The predicted molar refractivity (Wildman–Crippen MR) is 92.1 cm³/mol. The third kappa shape index (κ3) is 4.90. The molecule has 2 aliphatic heterocycles. The molecule has 2 heterocycles. The van der Waals surface area contributed by atoms with Crippen LogP contribution in [-0.2, 0) is 16.1 Å². The van der Waals surface area contributed by atoms with Gasteiger partial charge in [-0.25, -0.2) is 4.39 Å². The molecule has 0 aromatic heterocycles. The molecule has 1 amide bonds. The maximum Gasteiger partial charge on any atom is 0.236 e. The summed E-state index contributed by atoms with van der Waals surface area (Å²) in [4.78, 5) is 18.7. The number of rotatable bonds is 5. The first-order chi connectivity index (χ1) is 12.2. The van der Waals surface area contributed by atoms with Crippen LogP contribution in [0.25, 0.3) is 0 Å². The van der Waals surface area contributed by atoms with E-state index in [4.69, 9.17) is 9.47 Å². The van der Waals surface area contributed by atoms with Crippen LogP contribution in [-0.4, -0.2) is 86.7 Å². The average Bonchev–Trinajstić information content (AvgIpc) is 2.64. The van der Waals surface area contributed by atoms with Crippen LogP contribution in [0, 0.1) is 5.82 Å².